The van der Waals surface area contributed by atoms with Gasteiger partial charge in [0.05, 0.1) is 5.69 Å². The molecule has 0 fully saturated rings. The molecule has 0 unspecified atom stereocenters. The molecule has 0 aliphatic carbocycles. The van der Waals surface area contributed by atoms with Crippen LogP contribution in [-0.4, -0.2) is 30.7 Å². The van der Waals surface area contributed by atoms with E-state index in [0.717, 1.165) is 11.5 Å². The number of halogens is 3. The summed E-state index contributed by atoms with van der Waals surface area (Å²) in [6.45, 7) is 1.78. The molecule has 2 heterocycles. The van der Waals surface area contributed by atoms with E-state index in [-0.39, 0.29) is 4.88 Å². The number of H-pyrrole nitrogens is 1. The van der Waals surface area contributed by atoms with E-state index in [1.165, 1.54) is 0 Å². The van der Waals surface area contributed by atoms with Gasteiger partial charge in [-0.05, 0) is 18.0 Å². The van der Waals surface area contributed by atoms with Crippen molar-refractivity contribution in [2.24, 2.45) is 0 Å². The Morgan fingerprint density at radius 3 is 2.79 bits per heavy atom. The van der Waals surface area contributed by atoms with Crippen molar-refractivity contribution >= 4 is 23.4 Å². The molecule has 0 radical (unpaired) electrons. The fourth-order valence-corrected chi connectivity index (χ4v) is 1.86. The molecule has 0 atom stereocenters. The second kappa shape index (κ2) is 4.91. The second-order valence-corrected chi connectivity index (χ2v) is 4.12. The van der Waals surface area contributed by atoms with E-state index in [9.17, 15) is 18.0 Å². The summed E-state index contributed by atoms with van der Waals surface area (Å²) in [5.41, 5.74) is 0.467. The summed E-state index contributed by atoms with van der Waals surface area (Å²) in [6.07, 6.45) is -4.16. The van der Waals surface area contributed by atoms with Gasteiger partial charge >= 0.3 is 6.18 Å². The molecule has 102 valence electrons. The quantitative estimate of drug-likeness (QED) is 0.893. The predicted molar refractivity (Wildman–Crippen MR) is 58.6 cm³/mol. The van der Waals surface area contributed by atoms with Crippen molar-refractivity contribution < 1.29 is 18.0 Å². The van der Waals surface area contributed by atoms with E-state index in [4.69, 9.17) is 0 Å². The van der Waals surface area contributed by atoms with Gasteiger partial charge in [0.1, 0.15) is 4.88 Å². The van der Waals surface area contributed by atoms with Crippen molar-refractivity contribution in [2.75, 3.05) is 5.32 Å². The van der Waals surface area contributed by atoms with Gasteiger partial charge in [-0.2, -0.15) is 18.2 Å². The zero-order valence-electron chi connectivity index (χ0n) is 9.45. The van der Waals surface area contributed by atoms with Crippen molar-refractivity contribution in [3.8, 4) is 0 Å². The maximum atomic E-state index is 12.3. The Morgan fingerprint density at radius 2 is 2.21 bits per heavy atom. The third kappa shape index (κ3) is 2.86. The monoisotopic (exact) mass is 292 g/mol. The lowest BCUT2D eigenvalue weighted by Crippen LogP contribution is -2.14. The largest absolute Gasteiger partial charge is 0.451 e. The summed E-state index contributed by atoms with van der Waals surface area (Å²) >= 11 is 0.853. The van der Waals surface area contributed by atoms with Crippen LogP contribution >= 0.6 is 11.5 Å². The standard InChI is InChI=1S/C8H7F3N6OS/c1-2-3-4(19-17-14-3)5(18)12-7-13-6(15-16-7)8(9,10)11/h2H2,1H3,(H2,12,13,15,16,18). The number of carbonyl (C=O) groups excluding carboxylic acids is 1. The van der Waals surface area contributed by atoms with Gasteiger partial charge in [0.25, 0.3) is 5.91 Å². The fraction of sp³-hybridized carbons (Fsp3) is 0.375. The lowest BCUT2D eigenvalue weighted by Gasteiger charge is -1.99. The number of amides is 1. The first-order valence-corrected chi connectivity index (χ1v) is 5.81. The van der Waals surface area contributed by atoms with Crippen LogP contribution < -0.4 is 5.32 Å². The van der Waals surface area contributed by atoms with Crippen LogP contribution in [0.15, 0.2) is 0 Å². The topological polar surface area (TPSA) is 96.5 Å². The Balaban J connectivity index is 2.14. The smallest absolute Gasteiger partial charge is 0.288 e. The van der Waals surface area contributed by atoms with Crippen LogP contribution in [0.4, 0.5) is 19.1 Å². The van der Waals surface area contributed by atoms with Crippen molar-refractivity contribution in [2.45, 2.75) is 19.5 Å². The maximum absolute atomic E-state index is 12.3. The molecule has 2 N–H and O–H groups in total. The molecule has 0 spiro atoms. The number of hydrogen-bond donors (Lipinski definition) is 2. The molecule has 0 aliphatic heterocycles. The molecule has 0 saturated carbocycles. The molecule has 0 bridgehead atoms. The highest BCUT2D eigenvalue weighted by Gasteiger charge is 2.35. The minimum Gasteiger partial charge on any atom is -0.288 e. The number of nitrogens with zero attached hydrogens (tertiary/aromatic N) is 4. The summed E-state index contributed by atoms with van der Waals surface area (Å²) in [5.74, 6) is -2.37. The molecule has 2 aromatic rings. The first-order chi connectivity index (χ1) is 8.91. The highest BCUT2D eigenvalue weighted by Crippen LogP contribution is 2.26. The number of aromatic nitrogens is 5. The first kappa shape index (κ1) is 13.4. The van der Waals surface area contributed by atoms with Gasteiger partial charge in [0, 0.05) is 0 Å². The molecule has 19 heavy (non-hydrogen) atoms. The minimum absolute atomic E-state index is 0.223. The van der Waals surface area contributed by atoms with Gasteiger partial charge < -0.3 is 0 Å². The molecule has 0 aliphatic rings. The van der Waals surface area contributed by atoms with Gasteiger partial charge in [-0.1, -0.05) is 11.4 Å². The summed E-state index contributed by atoms with van der Waals surface area (Å²) in [6, 6.07) is 0. The number of hydrogen-bond acceptors (Lipinski definition) is 6. The van der Waals surface area contributed by atoms with Gasteiger partial charge in [0.15, 0.2) is 0 Å². The van der Waals surface area contributed by atoms with Crippen LogP contribution in [0.3, 0.4) is 0 Å². The Morgan fingerprint density at radius 1 is 1.47 bits per heavy atom. The minimum atomic E-state index is -4.64. The third-order valence-corrected chi connectivity index (χ3v) is 2.84. The van der Waals surface area contributed by atoms with E-state index in [1.54, 1.807) is 12.0 Å². The van der Waals surface area contributed by atoms with Crippen molar-refractivity contribution in [3.05, 3.63) is 16.4 Å². The molecular weight excluding hydrogens is 285 g/mol. The highest BCUT2D eigenvalue weighted by atomic mass is 32.1. The molecule has 0 aromatic carbocycles. The van der Waals surface area contributed by atoms with Crippen LogP contribution in [0.1, 0.15) is 28.1 Å². The number of rotatable bonds is 3. The Kier molecular flexibility index (Phi) is 3.46. The van der Waals surface area contributed by atoms with Crippen molar-refractivity contribution in [1.29, 1.82) is 0 Å². The maximum Gasteiger partial charge on any atom is 0.451 e. The molecule has 0 saturated heterocycles. The number of alkyl halides is 3. The van der Waals surface area contributed by atoms with Crippen LogP contribution in [-0.2, 0) is 12.6 Å². The molecule has 1 amide bonds. The third-order valence-electron chi connectivity index (χ3n) is 2.08. The second-order valence-electron chi connectivity index (χ2n) is 3.36. The Labute approximate surface area is 108 Å². The molecule has 11 heteroatoms. The van der Waals surface area contributed by atoms with E-state index in [2.05, 4.69) is 25.0 Å². The van der Waals surface area contributed by atoms with Gasteiger partial charge in [-0.15, -0.1) is 10.2 Å². The summed E-state index contributed by atoms with van der Waals surface area (Å²) < 4.78 is 40.4. The van der Waals surface area contributed by atoms with Crippen LogP contribution in [0, 0.1) is 0 Å². The number of aryl methyl sites for hydroxylation is 1. The Bertz CT molecular complexity index is 591. The van der Waals surface area contributed by atoms with Gasteiger partial charge in [0.2, 0.25) is 11.8 Å². The van der Waals surface area contributed by atoms with Crippen molar-refractivity contribution in [1.82, 2.24) is 24.8 Å². The fourth-order valence-electron chi connectivity index (χ4n) is 1.22. The van der Waals surface area contributed by atoms with Gasteiger partial charge in [-0.3, -0.25) is 15.2 Å². The first-order valence-electron chi connectivity index (χ1n) is 5.04. The lowest BCUT2D eigenvalue weighted by molar-refractivity contribution is -0.144. The number of nitrogens with one attached hydrogen (secondary N) is 2. The Hall–Kier alpha value is -2.04. The van der Waals surface area contributed by atoms with Crippen LogP contribution in [0.5, 0.6) is 0 Å². The average Bonchev–Trinajstić information content (AvgIpc) is 2.95. The zero-order valence-corrected chi connectivity index (χ0v) is 10.3. The van der Waals surface area contributed by atoms with Crippen LogP contribution in [0.25, 0.3) is 0 Å². The van der Waals surface area contributed by atoms with Crippen molar-refractivity contribution in [3.63, 3.8) is 0 Å². The number of anilines is 1. The van der Waals surface area contributed by atoms with E-state index in [0.29, 0.717) is 12.1 Å². The average molecular weight is 292 g/mol. The zero-order chi connectivity index (χ0) is 14.0. The number of carbonyl (C=O) groups is 1. The normalized spacial score (nSPS) is 11.6. The number of aromatic amines is 1. The summed E-state index contributed by atoms with van der Waals surface area (Å²) in [4.78, 5) is 15.1. The predicted octanol–water partition coefficient (Wildman–Crippen LogP) is 1.49. The highest BCUT2D eigenvalue weighted by molar-refractivity contribution is 7.08. The summed E-state index contributed by atoms with van der Waals surface area (Å²) in [7, 11) is 0. The molecule has 7 nitrogen and oxygen atoms in total. The molecule has 2 rings (SSSR count). The van der Waals surface area contributed by atoms with E-state index in [1.807, 2.05) is 0 Å². The van der Waals surface area contributed by atoms with E-state index < -0.39 is 23.9 Å². The SMILES string of the molecule is CCc1nnsc1C(=O)Nc1n[nH]c(C(F)(F)F)n1. The molecule has 2 aromatic heterocycles. The lowest BCUT2D eigenvalue weighted by atomic mass is 10.3. The summed E-state index contributed by atoms with van der Waals surface area (Å²) in [5, 5.41) is 10.8. The van der Waals surface area contributed by atoms with Crippen LogP contribution in [0.2, 0.25) is 0 Å². The molecular formula is C8H7F3N6OS. The van der Waals surface area contributed by atoms with E-state index >= 15 is 0 Å². The van der Waals surface area contributed by atoms with Gasteiger partial charge in [-0.25, -0.2) is 0 Å².